The summed E-state index contributed by atoms with van der Waals surface area (Å²) in [4.78, 5) is 12.6. The number of nitrogens with zero attached hydrogens (tertiary/aromatic N) is 1. The van der Waals surface area contributed by atoms with Crippen molar-refractivity contribution in [3.8, 4) is 5.75 Å². The quantitative estimate of drug-likeness (QED) is 0.694. The van der Waals surface area contributed by atoms with Gasteiger partial charge in [-0.3, -0.25) is 4.79 Å². The molecule has 0 spiro atoms. The lowest BCUT2D eigenvalue weighted by Crippen LogP contribution is -2.35. The third-order valence-electron chi connectivity index (χ3n) is 4.23. The molecular formula is C20H25BrN2O4S. The maximum absolute atomic E-state index is 12.6. The molecular weight excluding hydrogens is 444 g/mol. The zero-order valence-corrected chi connectivity index (χ0v) is 19.0. The fraction of sp³-hybridized carbons (Fsp3) is 0.350. The Labute approximate surface area is 175 Å². The van der Waals surface area contributed by atoms with E-state index in [1.54, 1.807) is 18.2 Å². The fourth-order valence-corrected chi connectivity index (χ4v) is 3.93. The number of halogens is 1. The molecule has 2 aromatic carbocycles. The fourth-order valence-electron chi connectivity index (χ4n) is 2.54. The highest BCUT2D eigenvalue weighted by molar-refractivity contribution is 9.10. The summed E-state index contributed by atoms with van der Waals surface area (Å²) in [6, 6.07) is 11.8. The third-order valence-corrected chi connectivity index (χ3v) is 6.57. The van der Waals surface area contributed by atoms with Crippen LogP contribution in [-0.2, 0) is 20.2 Å². The van der Waals surface area contributed by atoms with Crippen LogP contribution in [0.2, 0.25) is 0 Å². The van der Waals surface area contributed by atoms with E-state index in [4.69, 9.17) is 4.74 Å². The van der Waals surface area contributed by atoms with Gasteiger partial charge in [0.2, 0.25) is 15.9 Å². The summed E-state index contributed by atoms with van der Waals surface area (Å²) in [5.74, 6) is 0.0623. The van der Waals surface area contributed by atoms with E-state index >= 15 is 0 Å². The number of sulfonamides is 1. The molecule has 28 heavy (non-hydrogen) atoms. The van der Waals surface area contributed by atoms with Gasteiger partial charge in [-0.1, -0.05) is 42.8 Å². The third kappa shape index (κ3) is 5.33. The van der Waals surface area contributed by atoms with Gasteiger partial charge in [-0.15, -0.1) is 0 Å². The van der Waals surface area contributed by atoms with Crippen LogP contribution in [0.25, 0.3) is 0 Å². The summed E-state index contributed by atoms with van der Waals surface area (Å²) in [5, 5.41) is 2.76. The van der Waals surface area contributed by atoms with Crippen LogP contribution in [0.5, 0.6) is 5.75 Å². The van der Waals surface area contributed by atoms with E-state index in [1.165, 1.54) is 26.3 Å². The first-order chi connectivity index (χ1) is 12.9. The van der Waals surface area contributed by atoms with Gasteiger partial charge in [-0.2, -0.15) is 4.31 Å². The summed E-state index contributed by atoms with van der Waals surface area (Å²) in [5.41, 5.74) is 1.43. The number of carbonyl (C=O) groups excluding carboxylic acids is 1. The molecule has 8 heteroatoms. The standard InChI is InChI=1S/C20H25BrN2O4S/c1-20(2,3)14-6-11-18(27-5)17(12-14)22-19(24)13-23(4)28(25,26)16-9-7-15(21)8-10-16/h6-12H,13H2,1-5H3,(H,22,24). The van der Waals surface area contributed by atoms with Gasteiger partial charge in [0.05, 0.1) is 24.2 Å². The van der Waals surface area contributed by atoms with Gasteiger partial charge in [0.1, 0.15) is 5.75 Å². The molecule has 6 nitrogen and oxygen atoms in total. The number of hydrogen-bond donors (Lipinski definition) is 1. The number of ether oxygens (including phenoxy) is 1. The number of benzene rings is 2. The zero-order valence-electron chi connectivity index (χ0n) is 16.6. The molecule has 0 radical (unpaired) electrons. The predicted molar refractivity (Wildman–Crippen MR) is 114 cm³/mol. The molecule has 0 unspecified atom stereocenters. The second kappa shape index (κ2) is 8.63. The van der Waals surface area contributed by atoms with E-state index in [9.17, 15) is 13.2 Å². The van der Waals surface area contributed by atoms with Crippen LogP contribution in [0.1, 0.15) is 26.3 Å². The SMILES string of the molecule is COc1ccc(C(C)(C)C)cc1NC(=O)CN(C)S(=O)(=O)c1ccc(Br)cc1. The molecule has 2 rings (SSSR count). The summed E-state index contributed by atoms with van der Waals surface area (Å²) < 4.78 is 32.4. The first kappa shape index (κ1) is 22.4. The highest BCUT2D eigenvalue weighted by Gasteiger charge is 2.24. The normalized spacial score (nSPS) is 12.1. The van der Waals surface area contributed by atoms with Gasteiger partial charge >= 0.3 is 0 Å². The molecule has 0 saturated heterocycles. The number of likely N-dealkylation sites (N-methyl/N-ethyl adjacent to an activating group) is 1. The summed E-state index contributed by atoms with van der Waals surface area (Å²) in [7, 11) is -0.875. The first-order valence-electron chi connectivity index (χ1n) is 8.65. The van der Waals surface area contributed by atoms with Crippen molar-refractivity contribution in [2.24, 2.45) is 0 Å². The Morgan fingerprint density at radius 1 is 1.14 bits per heavy atom. The molecule has 0 aromatic heterocycles. The van der Waals surface area contributed by atoms with Crippen LogP contribution in [-0.4, -0.2) is 39.3 Å². The minimum absolute atomic E-state index is 0.104. The number of hydrogen-bond acceptors (Lipinski definition) is 4. The number of methoxy groups -OCH3 is 1. The minimum Gasteiger partial charge on any atom is -0.495 e. The van der Waals surface area contributed by atoms with E-state index in [-0.39, 0.29) is 16.9 Å². The zero-order chi connectivity index (χ0) is 21.1. The number of nitrogens with one attached hydrogen (secondary N) is 1. The molecule has 0 aliphatic carbocycles. The molecule has 0 fully saturated rings. The highest BCUT2D eigenvalue weighted by atomic mass is 79.9. The maximum Gasteiger partial charge on any atom is 0.243 e. The average molecular weight is 469 g/mol. The molecule has 0 heterocycles. The first-order valence-corrected chi connectivity index (χ1v) is 10.9. The van der Waals surface area contributed by atoms with E-state index in [2.05, 4.69) is 42.0 Å². The number of rotatable bonds is 6. The second-order valence-electron chi connectivity index (χ2n) is 7.43. The van der Waals surface area contributed by atoms with Crippen LogP contribution in [0.15, 0.2) is 51.8 Å². The average Bonchev–Trinajstić information content (AvgIpc) is 2.61. The Morgan fingerprint density at radius 2 is 1.75 bits per heavy atom. The van der Waals surface area contributed by atoms with Gasteiger partial charge < -0.3 is 10.1 Å². The van der Waals surface area contributed by atoms with Crippen LogP contribution < -0.4 is 10.1 Å². The van der Waals surface area contributed by atoms with Gasteiger partial charge in [0.15, 0.2) is 0 Å². The van der Waals surface area contributed by atoms with Gasteiger partial charge in [0.25, 0.3) is 0 Å². The smallest absolute Gasteiger partial charge is 0.243 e. The Bertz CT molecular complexity index is 951. The van der Waals surface area contributed by atoms with Crippen molar-refractivity contribution in [3.05, 3.63) is 52.5 Å². The minimum atomic E-state index is -3.77. The summed E-state index contributed by atoms with van der Waals surface area (Å²) in [6.45, 7) is 5.89. The topological polar surface area (TPSA) is 75.7 Å². The molecule has 0 atom stereocenters. The lowest BCUT2D eigenvalue weighted by atomic mass is 9.87. The van der Waals surface area contributed by atoms with Crippen LogP contribution in [0, 0.1) is 0 Å². The van der Waals surface area contributed by atoms with Crippen molar-refractivity contribution in [1.29, 1.82) is 0 Å². The summed E-state index contributed by atoms with van der Waals surface area (Å²) in [6.07, 6.45) is 0. The van der Waals surface area contributed by atoms with Crippen molar-refractivity contribution in [3.63, 3.8) is 0 Å². The molecule has 0 bridgehead atoms. The van der Waals surface area contributed by atoms with Crippen molar-refractivity contribution < 1.29 is 17.9 Å². The van der Waals surface area contributed by atoms with Crippen LogP contribution in [0.3, 0.4) is 0 Å². The van der Waals surface area contributed by atoms with Gasteiger partial charge in [-0.05, 0) is 47.4 Å². The van der Waals surface area contributed by atoms with Crippen molar-refractivity contribution in [2.45, 2.75) is 31.1 Å². The largest absolute Gasteiger partial charge is 0.495 e. The second-order valence-corrected chi connectivity index (χ2v) is 10.4. The Hall–Kier alpha value is -1.90. The van der Waals surface area contributed by atoms with Crippen LogP contribution >= 0.6 is 15.9 Å². The molecule has 2 aromatic rings. The summed E-state index contributed by atoms with van der Waals surface area (Å²) >= 11 is 3.28. The molecule has 0 saturated carbocycles. The lowest BCUT2D eigenvalue weighted by molar-refractivity contribution is -0.116. The molecule has 152 valence electrons. The number of anilines is 1. The molecule has 1 N–H and O–H groups in total. The monoisotopic (exact) mass is 468 g/mol. The number of carbonyl (C=O) groups is 1. The van der Waals surface area contributed by atoms with Gasteiger partial charge in [0, 0.05) is 11.5 Å². The van der Waals surface area contributed by atoms with Crippen molar-refractivity contribution in [2.75, 3.05) is 26.0 Å². The van der Waals surface area contributed by atoms with Crippen molar-refractivity contribution in [1.82, 2.24) is 4.31 Å². The van der Waals surface area contributed by atoms with E-state index in [0.29, 0.717) is 11.4 Å². The predicted octanol–water partition coefficient (Wildman–Crippen LogP) is 4.01. The number of amides is 1. The molecule has 0 aliphatic rings. The highest BCUT2D eigenvalue weighted by Crippen LogP contribution is 2.31. The van der Waals surface area contributed by atoms with Crippen LogP contribution in [0.4, 0.5) is 5.69 Å². The Kier molecular flexibility index (Phi) is 6.90. The van der Waals surface area contributed by atoms with E-state index in [0.717, 1.165) is 14.3 Å². The Morgan fingerprint density at radius 3 is 2.29 bits per heavy atom. The van der Waals surface area contributed by atoms with Gasteiger partial charge in [-0.25, -0.2) is 8.42 Å². The van der Waals surface area contributed by atoms with E-state index < -0.39 is 15.9 Å². The molecule has 0 aliphatic heterocycles. The van der Waals surface area contributed by atoms with E-state index in [1.807, 2.05) is 12.1 Å². The Balaban J connectivity index is 2.18. The molecule has 1 amide bonds. The van der Waals surface area contributed by atoms with Crippen molar-refractivity contribution >= 4 is 37.5 Å². The lowest BCUT2D eigenvalue weighted by Gasteiger charge is -2.22. The maximum atomic E-state index is 12.6.